The van der Waals surface area contributed by atoms with E-state index in [9.17, 15) is 9.18 Å². The van der Waals surface area contributed by atoms with Gasteiger partial charge in [0.2, 0.25) is 0 Å². The maximum absolute atomic E-state index is 14.9. The van der Waals surface area contributed by atoms with Gasteiger partial charge in [0.1, 0.15) is 34.3 Å². The minimum Gasteiger partial charge on any atom is -0.457 e. The molecule has 10 nitrogen and oxygen atoms in total. The molecule has 0 radical (unpaired) electrons. The number of aromatic nitrogens is 4. The fraction of sp³-hybridized carbons (Fsp3) is 0.214. The number of nitrogens with zero attached hydrogens (tertiary/aromatic N) is 4. The molecule has 0 unspecified atom stereocenters. The molecule has 3 aromatic heterocycles. The number of hydrogen-bond donors (Lipinski definition) is 3. The Morgan fingerprint density at radius 3 is 2.54 bits per heavy atom. The lowest BCUT2D eigenvalue weighted by Gasteiger charge is -2.12. The van der Waals surface area contributed by atoms with Crippen molar-refractivity contribution in [2.24, 2.45) is 0 Å². The Morgan fingerprint density at radius 1 is 0.974 bits per heavy atom. The van der Waals surface area contributed by atoms with Crippen LogP contribution in [0, 0.1) is 5.82 Å². The van der Waals surface area contributed by atoms with Crippen LogP contribution in [0.1, 0.15) is 33.7 Å². The van der Waals surface area contributed by atoms with Gasteiger partial charge in [0, 0.05) is 42.2 Å². The van der Waals surface area contributed by atoms with E-state index < -0.39 is 11.8 Å². The maximum atomic E-state index is 14.9. The van der Waals surface area contributed by atoms with Crippen molar-refractivity contribution >= 4 is 34.3 Å². The molecule has 3 heterocycles. The van der Waals surface area contributed by atoms with Gasteiger partial charge in [-0.2, -0.15) is 5.10 Å². The van der Waals surface area contributed by atoms with Crippen LogP contribution in [0.25, 0.3) is 22.4 Å². The third-order valence-electron chi connectivity index (χ3n) is 5.71. The van der Waals surface area contributed by atoms with Gasteiger partial charge < -0.3 is 25.1 Å². The first-order valence-electron chi connectivity index (χ1n) is 12.5. The molecule has 11 heteroatoms. The Kier molecular flexibility index (Phi) is 7.13. The van der Waals surface area contributed by atoms with Crippen LogP contribution in [-0.4, -0.2) is 31.8 Å². The van der Waals surface area contributed by atoms with Gasteiger partial charge in [0.05, 0.1) is 11.4 Å². The number of benzene rings is 2. The fourth-order valence-corrected chi connectivity index (χ4v) is 3.89. The number of anilines is 3. The molecule has 39 heavy (non-hydrogen) atoms. The van der Waals surface area contributed by atoms with Gasteiger partial charge in [-0.15, -0.1) is 0 Å². The summed E-state index contributed by atoms with van der Waals surface area (Å²) >= 11 is 0. The molecule has 0 aliphatic carbocycles. The molecule has 0 aliphatic rings. The second-order valence-corrected chi connectivity index (χ2v) is 9.50. The maximum Gasteiger partial charge on any atom is 0.323 e. The summed E-state index contributed by atoms with van der Waals surface area (Å²) in [5.41, 5.74) is 3.09. The van der Waals surface area contributed by atoms with Gasteiger partial charge in [-0.3, -0.25) is 4.68 Å². The van der Waals surface area contributed by atoms with E-state index in [1.165, 1.54) is 18.5 Å². The van der Waals surface area contributed by atoms with Gasteiger partial charge in [-0.1, -0.05) is 0 Å². The number of halogens is 1. The summed E-state index contributed by atoms with van der Waals surface area (Å²) in [4.78, 5) is 21.3. The normalized spacial score (nSPS) is 11.3. The van der Waals surface area contributed by atoms with Crippen LogP contribution in [-0.2, 0) is 0 Å². The molecular weight excluding hydrogens is 501 g/mol. The SMILES string of the molecule is CC(C)Nc1cc(Oc2ccc(NC(=O)Nc3cn(C(C)C)nc3-c3ccc4ocnc4c3)c(F)c2)ccn1. The van der Waals surface area contributed by atoms with Crippen molar-refractivity contribution in [3.05, 3.63) is 73.1 Å². The molecule has 0 saturated heterocycles. The average molecular weight is 530 g/mol. The summed E-state index contributed by atoms with van der Waals surface area (Å²) in [7, 11) is 0. The first-order valence-corrected chi connectivity index (χ1v) is 12.5. The molecule has 0 aliphatic heterocycles. The summed E-state index contributed by atoms with van der Waals surface area (Å²) in [6.45, 7) is 7.96. The third kappa shape index (κ3) is 5.98. The van der Waals surface area contributed by atoms with Crippen LogP contribution in [0.3, 0.4) is 0 Å². The number of carbonyl (C=O) groups is 1. The topological polar surface area (TPSA) is 119 Å². The minimum atomic E-state index is -0.646. The molecular formula is C28H28FN7O3. The van der Waals surface area contributed by atoms with Crippen molar-refractivity contribution in [2.75, 3.05) is 16.0 Å². The van der Waals surface area contributed by atoms with Gasteiger partial charge in [0.15, 0.2) is 12.0 Å². The Hall–Kier alpha value is -4.93. The molecule has 0 spiro atoms. The van der Waals surface area contributed by atoms with Gasteiger partial charge in [-0.25, -0.2) is 19.2 Å². The van der Waals surface area contributed by atoms with Crippen LogP contribution in [0.2, 0.25) is 0 Å². The first kappa shape index (κ1) is 25.7. The van der Waals surface area contributed by atoms with E-state index in [0.717, 1.165) is 5.56 Å². The standard InChI is InChI=1S/C28H28FN7O3/c1-16(2)32-26-13-20(9-10-30-26)39-19-6-7-22(21(29)12-19)33-28(37)34-24-14-36(17(3)4)35-27(24)18-5-8-25-23(11-18)31-15-38-25/h5-17H,1-4H3,(H,30,32)(H2,33,34,37). The monoisotopic (exact) mass is 529 g/mol. The van der Waals surface area contributed by atoms with E-state index in [0.29, 0.717) is 34.0 Å². The zero-order valence-corrected chi connectivity index (χ0v) is 21.9. The van der Waals surface area contributed by atoms with Crippen LogP contribution >= 0.6 is 0 Å². The molecule has 0 fully saturated rings. The molecule has 0 bridgehead atoms. The van der Waals surface area contributed by atoms with Crippen molar-refractivity contribution < 1.29 is 18.3 Å². The Bertz CT molecular complexity index is 1630. The van der Waals surface area contributed by atoms with Gasteiger partial charge in [-0.05, 0) is 64.1 Å². The molecule has 2 aromatic carbocycles. The van der Waals surface area contributed by atoms with E-state index >= 15 is 0 Å². The summed E-state index contributed by atoms with van der Waals surface area (Å²) in [6.07, 6.45) is 4.71. The van der Waals surface area contributed by atoms with E-state index in [1.54, 1.807) is 41.3 Å². The molecule has 5 rings (SSSR count). The molecule has 3 N–H and O–H groups in total. The molecule has 0 atom stereocenters. The number of pyridine rings is 1. The molecule has 5 aromatic rings. The second-order valence-electron chi connectivity index (χ2n) is 9.50. The molecule has 0 saturated carbocycles. The number of rotatable bonds is 8. The highest BCUT2D eigenvalue weighted by atomic mass is 19.1. The number of fused-ring (bicyclic) bond motifs is 1. The van der Waals surface area contributed by atoms with E-state index in [-0.39, 0.29) is 23.5 Å². The van der Waals surface area contributed by atoms with Crippen molar-refractivity contribution in [1.82, 2.24) is 19.7 Å². The number of ether oxygens (including phenoxy) is 1. The molecule has 2 amide bonds. The second kappa shape index (κ2) is 10.8. The lowest BCUT2D eigenvalue weighted by Crippen LogP contribution is -2.20. The minimum absolute atomic E-state index is 0.00133. The number of urea groups is 1. The summed E-state index contributed by atoms with van der Waals surface area (Å²) in [5.74, 6) is 0.791. The van der Waals surface area contributed by atoms with Crippen molar-refractivity contribution in [1.29, 1.82) is 0 Å². The highest BCUT2D eigenvalue weighted by Crippen LogP contribution is 2.31. The predicted molar refractivity (Wildman–Crippen MR) is 148 cm³/mol. The number of hydrogen-bond acceptors (Lipinski definition) is 7. The summed E-state index contributed by atoms with van der Waals surface area (Å²) < 4.78 is 27.7. The van der Waals surface area contributed by atoms with Crippen LogP contribution in [0.5, 0.6) is 11.5 Å². The summed E-state index contributed by atoms with van der Waals surface area (Å²) in [5, 5.41) is 13.2. The highest BCUT2D eigenvalue weighted by molar-refractivity contribution is 6.02. The fourth-order valence-electron chi connectivity index (χ4n) is 3.89. The van der Waals surface area contributed by atoms with E-state index in [1.807, 2.05) is 39.8 Å². The number of nitrogens with one attached hydrogen (secondary N) is 3. The number of oxazole rings is 1. The number of amides is 2. The zero-order chi connectivity index (χ0) is 27.5. The average Bonchev–Trinajstić information content (AvgIpc) is 3.52. The van der Waals surface area contributed by atoms with E-state index in [4.69, 9.17) is 9.15 Å². The largest absolute Gasteiger partial charge is 0.457 e. The van der Waals surface area contributed by atoms with Crippen molar-refractivity contribution in [3.8, 4) is 22.8 Å². The quantitative estimate of drug-likeness (QED) is 0.197. The Balaban J connectivity index is 1.31. The smallest absolute Gasteiger partial charge is 0.323 e. The lowest BCUT2D eigenvalue weighted by molar-refractivity contribution is 0.262. The van der Waals surface area contributed by atoms with E-state index in [2.05, 4.69) is 31.0 Å². The van der Waals surface area contributed by atoms with Crippen LogP contribution < -0.4 is 20.7 Å². The summed E-state index contributed by atoms with van der Waals surface area (Å²) in [6, 6.07) is 12.7. The zero-order valence-electron chi connectivity index (χ0n) is 21.9. The van der Waals surface area contributed by atoms with Crippen LogP contribution in [0.4, 0.5) is 26.4 Å². The number of carbonyl (C=O) groups excluding carboxylic acids is 1. The Morgan fingerprint density at radius 2 is 1.77 bits per heavy atom. The third-order valence-corrected chi connectivity index (χ3v) is 5.71. The van der Waals surface area contributed by atoms with Gasteiger partial charge in [0.25, 0.3) is 0 Å². The Labute approximate surface area is 224 Å². The van der Waals surface area contributed by atoms with Crippen LogP contribution in [0.15, 0.2) is 71.7 Å². The molecule has 200 valence electrons. The van der Waals surface area contributed by atoms with Crippen molar-refractivity contribution in [2.45, 2.75) is 39.8 Å². The predicted octanol–water partition coefficient (Wildman–Crippen LogP) is 7.06. The first-order chi connectivity index (χ1) is 18.7. The van der Waals surface area contributed by atoms with Crippen molar-refractivity contribution in [3.63, 3.8) is 0 Å². The highest BCUT2D eigenvalue weighted by Gasteiger charge is 2.17. The lowest BCUT2D eigenvalue weighted by atomic mass is 10.1. The van der Waals surface area contributed by atoms with Gasteiger partial charge >= 0.3 is 6.03 Å².